The van der Waals surface area contributed by atoms with E-state index in [-0.39, 0.29) is 0 Å². The second-order valence-electron chi connectivity index (χ2n) is 0.799. The first-order chi connectivity index (χ1) is 2.27. The molecule has 0 aliphatic rings. The van der Waals surface area contributed by atoms with Gasteiger partial charge in [-0.1, -0.05) is 0 Å². The van der Waals surface area contributed by atoms with Crippen LogP contribution in [0, 0.1) is 0 Å². The van der Waals surface area contributed by atoms with E-state index in [1.807, 2.05) is 0 Å². The van der Waals surface area contributed by atoms with Crippen LogP contribution in [0.25, 0.3) is 0 Å². The molecular formula is C2H6Br2Ge. The van der Waals surface area contributed by atoms with E-state index in [0.717, 1.165) is 16.5 Å². The van der Waals surface area contributed by atoms with Crippen molar-refractivity contribution >= 4 is 48.4 Å². The van der Waals surface area contributed by atoms with Gasteiger partial charge in [-0.15, -0.1) is 0 Å². The Bertz CT molecular complexity index is 21.6. The zero-order valence-electron chi connectivity index (χ0n) is 3.04. The second kappa shape index (κ2) is 3.68. The van der Waals surface area contributed by atoms with E-state index in [0.29, 0.717) is 3.74 Å². The molecule has 5 heavy (non-hydrogen) atoms. The zero-order valence-corrected chi connectivity index (χ0v) is 10.4. The Balaban J connectivity index is 2.54. The molecule has 0 bridgehead atoms. The van der Waals surface area contributed by atoms with Crippen LogP contribution in [0.15, 0.2) is 0 Å². The van der Waals surface area contributed by atoms with Crippen LogP contribution in [-0.4, -0.2) is 20.3 Å². The van der Waals surface area contributed by atoms with Gasteiger partial charge < -0.3 is 0 Å². The zero-order chi connectivity index (χ0) is 4.28. The van der Waals surface area contributed by atoms with Gasteiger partial charge in [-0.05, 0) is 0 Å². The third-order valence-electron chi connectivity index (χ3n) is 0.309. The third-order valence-corrected chi connectivity index (χ3v) is 8.33. The number of alkyl halides is 2. The fourth-order valence-corrected chi connectivity index (χ4v) is 0. The van der Waals surface area contributed by atoms with Crippen molar-refractivity contribution < 1.29 is 0 Å². The Morgan fingerprint density at radius 1 is 1.60 bits per heavy atom. The van der Waals surface area contributed by atoms with Crippen molar-refractivity contribution in [3.05, 3.63) is 0 Å². The summed E-state index contributed by atoms with van der Waals surface area (Å²) >= 11 is 7.66. The van der Waals surface area contributed by atoms with E-state index in [4.69, 9.17) is 0 Å². The van der Waals surface area contributed by atoms with Crippen molar-refractivity contribution in [2.45, 2.75) is 8.99 Å². The molecule has 0 atom stereocenters. The molecule has 0 aliphatic carbocycles. The molecule has 0 N–H and O–H groups in total. The van der Waals surface area contributed by atoms with Crippen LogP contribution >= 0.6 is 31.9 Å². The molecule has 0 radical (unpaired) electrons. The summed E-state index contributed by atoms with van der Waals surface area (Å²) in [6, 6.07) is 0. The van der Waals surface area contributed by atoms with E-state index in [1.54, 1.807) is 0 Å². The molecule has 0 saturated heterocycles. The first-order valence-electron chi connectivity index (χ1n) is 1.55. The molecule has 32 valence electrons. The Kier molecular flexibility index (Phi) is 4.79. The number of halogens is 2. The molecule has 0 nitrogen and oxygen atoms in total. The fourth-order valence-electron chi connectivity index (χ4n) is 0. The topological polar surface area (TPSA) is 0 Å². The quantitative estimate of drug-likeness (QED) is 0.486. The predicted octanol–water partition coefficient (Wildman–Crippen LogP) is 0.886. The summed E-state index contributed by atoms with van der Waals surface area (Å²) in [5, 5.41) is 1.33. The van der Waals surface area contributed by atoms with Crippen molar-refractivity contribution in [3.8, 4) is 0 Å². The van der Waals surface area contributed by atoms with Gasteiger partial charge in [0.25, 0.3) is 0 Å². The molecule has 0 aromatic heterocycles. The number of hydrogen-bond acceptors (Lipinski definition) is 0. The van der Waals surface area contributed by atoms with Crippen molar-refractivity contribution in [1.29, 1.82) is 0 Å². The van der Waals surface area contributed by atoms with Gasteiger partial charge in [0.1, 0.15) is 0 Å². The molecular weight excluding hydrogens is 256 g/mol. The summed E-state index contributed by atoms with van der Waals surface area (Å²) in [5.74, 6) is 0. The molecule has 0 aromatic carbocycles. The predicted molar refractivity (Wildman–Crippen MR) is 36.4 cm³/mol. The van der Waals surface area contributed by atoms with Crippen molar-refractivity contribution in [3.63, 3.8) is 0 Å². The van der Waals surface area contributed by atoms with Gasteiger partial charge in [0.05, 0.1) is 0 Å². The number of hydrogen-bond donors (Lipinski definition) is 0. The molecule has 0 aromatic rings. The maximum atomic E-state index is 3.34. The molecule has 0 unspecified atom stereocenters. The van der Waals surface area contributed by atoms with Gasteiger partial charge >= 0.3 is 57.4 Å². The summed E-state index contributed by atoms with van der Waals surface area (Å²) in [5.41, 5.74) is 0. The Labute approximate surface area is 57.2 Å². The monoisotopic (exact) mass is 262 g/mol. The minimum absolute atomic E-state index is 0.593. The fraction of sp³-hybridized carbons (Fsp3) is 1.00. The van der Waals surface area contributed by atoms with E-state index < -0.39 is 0 Å². The van der Waals surface area contributed by atoms with Crippen molar-refractivity contribution in [1.82, 2.24) is 0 Å². The van der Waals surface area contributed by atoms with Crippen LogP contribution in [0.3, 0.4) is 0 Å². The standard InChI is InChI=1S/C2H6Br2Ge/c3-2(4)1-5/h2H,1H2,5H3. The van der Waals surface area contributed by atoms with Gasteiger partial charge in [0.2, 0.25) is 0 Å². The summed E-state index contributed by atoms with van der Waals surface area (Å²) in [6.45, 7) is 0. The minimum atomic E-state index is 0.593. The van der Waals surface area contributed by atoms with Gasteiger partial charge in [0.15, 0.2) is 0 Å². The molecule has 0 fully saturated rings. The van der Waals surface area contributed by atoms with E-state index in [9.17, 15) is 0 Å². The van der Waals surface area contributed by atoms with Gasteiger partial charge in [-0.25, -0.2) is 0 Å². The average Bonchev–Trinajstić information content (AvgIpc) is 1.38. The normalized spacial score (nSPS) is 10.2. The molecule has 3 heteroatoms. The maximum absolute atomic E-state index is 3.34. The van der Waals surface area contributed by atoms with Crippen molar-refractivity contribution in [2.75, 3.05) is 0 Å². The average molecular weight is 262 g/mol. The van der Waals surface area contributed by atoms with Crippen LogP contribution in [0.5, 0.6) is 0 Å². The summed E-state index contributed by atoms with van der Waals surface area (Å²) in [6.07, 6.45) is 0. The van der Waals surface area contributed by atoms with Crippen LogP contribution in [0.2, 0.25) is 5.25 Å². The van der Waals surface area contributed by atoms with Crippen LogP contribution in [-0.2, 0) is 0 Å². The van der Waals surface area contributed by atoms with Gasteiger partial charge in [-0.2, -0.15) is 0 Å². The molecule has 0 spiro atoms. The number of rotatable bonds is 1. The van der Waals surface area contributed by atoms with Crippen LogP contribution in [0.1, 0.15) is 0 Å². The molecule has 0 heterocycles. The summed E-state index contributed by atoms with van der Waals surface area (Å²) in [7, 11) is 0. The van der Waals surface area contributed by atoms with Gasteiger partial charge in [-0.3, -0.25) is 0 Å². The molecule has 0 amide bonds. The van der Waals surface area contributed by atoms with Crippen LogP contribution < -0.4 is 0 Å². The molecule has 0 aliphatic heterocycles. The van der Waals surface area contributed by atoms with Crippen molar-refractivity contribution in [2.24, 2.45) is 0 Å². The Morgan fingerprint density at radius 2 is 1.80 bits per heavy atom. The van der Waals surface area contributed by atoms with Crippen LogP contribution in [0.4, 0.5) is 0 Å². The Hall–Kier alpha value is 1.50. The molecule has 0 rings (SSSR count). The Morgan fingerprint density at radius 3 is 1.80 bits per heavy atom. The van der Waals surface area contributed by atoms with E-state index >= 15 is 0 Å². The summed E-state index contributed by atoms with van der Waals surface area (Å²) < 4.78 is 0.593. The van der Waals surface area contributed by atoms with Gasteiger partial charge in [0, 0.05) is 0 Å². The van der Waals surface area contributed by atoms with E-state index in [2.05, 4.69) is 31.9 Å². The SMILES string of the molecule is [GeH3][CH2]C(Br)Br. The first kappa shape index (κ1) is 6.50. The first-order valence-corrected chi connectivity index (χ1v) is 6.35. The molecule has 0 saturated carbocycles. The third kappa shape index (κ3) is 5.50. The van der Waals surface area contributed by atoms with E-state index in [1.165, 1.54) is 5.25 Å². The second-order valence-corrected chi connectivity index (χ2v) is 5.95. The summed E-state index contributed by atoms with van der Waals surface area (Å²) in [4.78, 5) is 0.